The lowest BCUT2D eigenvalue weighted by atomic mass is 10.1. The molecule has 1 N–H and O–H groups in total. The molecule has 0 saturated heterocycles. The van der Waals surface area contributed by atoms with Crippen molar-refractivity contribution in [1.29, 1.82) is 0 Å². The smallest absolute Gasteiger partial charge is 0.251 e. The summed E-state index contributed by atoms with van der Waals surface area (Å²) in [6.07, 6.45) is 0.199. The molecule has 0 fully saturated rings. The lowest BCUT2D eigenvalue weighted by Crippen LogP contribution is -2.24. The average Bonchev–Trinajstić information content (AvgIpc) is 2.63. The number of benzene rings is 2. The van der Waals surface area contributed by atoms with Gasteiger partial charge in [-0.15, -0.1) is 0 Å². The molecule has 5 nitrogen and oxygen atoms in total. The number of nitrogens with zero attached hydrogens (tertiary/aromatic N) is 1. The number of aryl methyl sites for hydroxylation is 3. The van der Waals surface area contributed by atoms with Crippen LogP contribution >= 0.6 is 0 Å². The fourth-order valence-electron chi connectivity index (χ4n) is 3.10. The van der Waals surface area contributed by atoms with Crippen LogP contribution in [0, 0.1) is 13.8 Å². The molecule has 2 aromatic carbocycles. The summed E-state index contributed by atoms with van der Waals surface area (Å²) in [7, 11) is 1.58. The van der Waals surface area contributed by atoms with Crippen molar-refractivity contribution in [2.45, 2.75) is 26.8 Å². The molecule has 1 aromatic heterocycles. The van der Waals surface area contributed by atoms with E-state index in [-0.39, 0.29) is 24.4 Å². The van der Waals surface area contributed by atoms with E-state index in [4.69, 9.17) is 4.74 Å². The Morgan fingerprint density at radius 2 is 1.85 bits per heavy atom. The van der Waals surface area contributed by atoms with Gasteiger partial charge in [-0.1, -0.05) is 30.3 Å². The highest BCUT2D eigenvalue weighted by Gasteiger charge is 2.13. The molecule has 0 saturated carbocycles. The van der Waals surface area contributed by atoms with E-state index < -0.39 is 0 Å². The second-order valence-corrected chi connectivity index (χ2v) is 6.29. The monoisotopic (exact) mass is 350 g/mol. The van der Waals surface area contributed by atoms with Crippen LogP contribution in [0.1, 0.15) is 17.5 Å². The maximum Gasteiger partial charge on any atom is 0.251 e. The van der Waals surface area contributed by atoms with Crippen LogP contribution < -0.4 is 15.6 Å². The Kier molecular flexibility index (Phi) is 5.07. The van der Waals surface area contributed by atoms with Crippen molar-refractivity contribution in [1.82, 2.24) is 4.57 Å². The third kappa shape index (κ3) is 3.47. The largest absolute Gasteiger partial charge is 0.495 e. The molecule has 1 amide bonds. The standard InChI is InChI=1S/C21H22N2O3/c1-14-7-4-5-9-17(14)22-19(24)11-12-23-20(25)13-15(2)16-8-6-10-18(26-3)21(16)23/h4-10,13H,11-12H2,1-3H3,(H,22,24). The molecular weight excluding hydrogens is 328 g/mol. The van der Waals surface area contributed by atoms with Crippen LogP contribution in [0.15, 0.2) is 53.3 Å². The van der Waals surface area contributed by atoms with E-state index in [0.717, 1.165) is 27.7 Å². The Morgan fingerprint density at radius 1 is 1.08 bits per heavy atom. The van der Waals surface area contributed by atoms with E-state index in [1.54, 1.807) is 17.7 Å². The molecule has 134 valence electrons. The average molecular weight is 350 g/mol. The van der Waals surface area contributed by atoms with Gasteiger partial charge in [-0.3, -0.25) is 9.59 Å². The Balaban J connectivity index is 1.88. The molecule has 0 bridgehead atoms. The first-order chi connectivity index (χ1) is 12.5. The van der Waals surface area contributed by atoms with Crippen molar-refractivity contribution in [2.75, 3.05) is 12.4 Å². The summed E-state index contributed by atoms with van der Waals surface area (Å²) in [4.78, 5) is 24.9. The molecule has 0 aliphatic rings. The van der Waals surface area contributed by atoms with Crippen LogP contribution in [-0.2, 0) is 11.3 Å². The lowest BCUT2D eigenvalue weighted by Gasteiger charge is -2.15. The third-order valence-electron chi connectivity index (χ3n) is 4.50. The maximum atomic E-state index is 12.5. The predicted octanol–water partition coefficient (Wildman–Crippen LogP) is 3.66. The van der Waals surface area contributed by atoms with Gasteiger partial charge in [0.25, 0.3) is 5.56 Å². The quantitative estimate of drug-likeness (QED) is 0.764. The Labute approximate surface area is 152 Å². The second-order valence-electron chi connectivity index (χ2n) is 6.29. The van der Waals surface area contributed by atoms with E-state index >= 15 is 0 Å². The third-order valence-corrected chi connectivity index (χ3v) is 4.50. The molecule has 0 atom stereocenters. The number of fused-ring (bicyclic) bond motifs is 1. The minimum absolute atomic E-state index is 0.130. The summed E-state index contributed by atoms with van der Waals surface area (Å²) >= 11 is 0. The summed E-state index contributed by atoms with van der Waals surface area (Å²) in [6.45, 7) is 4.13. The molecule has 26 heavy (non-hydrogen) atoms. The number of methoxy groups -OCH3 is 1. The number of nitrogens with one attached hydrogen (secondary N) is 1. The Bertz CT molecular complexity index is 1020. The zero-order valence-corrected chi connectivity index (χ0v) is 15.2. The number of carbonyl (C=O) groups excluding carboxylic acids is 1. The van der Waals surface area contributed by atoms with Crippen LogP contribution in [-0.4, -0.2) is 17.6 Å². The predicted molar refractivity (Wildman–Crippen MR) is 104 cm³/mol. The molecule has 3 aromatic rings. The van der Waals surface area contributed by atoms with Crippen LogP contribution in [0.5, 0.6) is 5.75 Å². The van der Waals surface area contributed by atoms with Crippen molar-refractivity contribution >= 4 is 22.5 Å². The van der Waals surface area contributed by atoms with Gasteiger partial charge in [0.1, 0.15) is 5.75 Å². The summed E-state index contributed by atoms with van der Waals surface area (Å²) in [5.41, 5.74) is 3.27. The second kappa shape index (κ2) is 7.44. The normalized spacial score (nSPS) is 10.7. The topological polar surface area (TPSA) is 60.3 Å². The first-order valence-electron chi connectivity index (χ1n) is 8.54. The highest BCUT2D eigenvalue weighted by Crippen LogP contribution is 2.26. The van der Waals surface area contributed by atoms with E-state index in [1.807, 2.05) is 56.3 Å². The van der Waals surface area contributed by atoms with Crippen molar-refractivity contribution in [3.05, 3.63) is 70.0 Å². The van der Waals surface area contributed by atoms with E-state index in [2.05, 4.69) is 5.32 Å². The highest BCUT2D eigenvalue weighted by molar-refractivity contribution is 5.92. The molecule has 0 unspecified atom stereocenters. The number of aromatic nitrogens is 1. The molecule has 0 aliphatic carbocycles. The number of hydrogen-bond acceptors (Lipinski definition) is 3. The summed E-state index contributed by atoms with van der Waals surface area (Å²) in [5, 5.41) is 3.85. The Morgan fingerprint density at radius 3 is 2.58 bits per heavy atom. The molecule has 1 heterocycles. The molecule has 5 heteroatoms. The van der Waals surface area contributed by atoms with Gasteiger partial charge in [-0.25, -0.2) is 0 Å². The lowest BCUT2D eigenvalue weighted by molar-refractivity contribution is -0.116. The van der Waals surface area contributed by atoms with Crippen LogP contribution in [0.4, 0.5) is 5.69 Å². The van der Waals surface area contributed by atoms with Crippen molar-refractivity contribution in [2.24, 2.45) is 0 Å². The first kappa shape index (κ1) is 17.7. The molecule has 0 aliphatic heterocycles. The molecular formula is C21H22N2O3. The van der Waals surface area contributed by atoms with Crippen molar-refractivity contribution in [3.8, 4) is 5.75 Å². The number of hydrogen-bond donors (Lipinski definition) is 1. The number of pyridine rings is 1. The number of rotatable bonds is 5. The van der Waals surface area contributed by atoms with Crippen LogP contribution in [0.3, 0.4) is 0 Å². The van der Waals surface area contributed by atoms with Gasteiger partial charge in [-0.05, 0) is 37.1 Å². The van der Waals surface area contributed by atoms with Gasteiger partial charge in [0.2, 0.25) is 5.91 Å². The molecule has 3 rings (SSSR count). The molecule has 0 spiro atoms. The number of anilines is 1. The molecule has 0 radical (unpaired) electrons. The fraction of sp³-hybridized carbons (Fsp3) is 0.238. The maximum absolute atomic E-state index is 12.5. The fourth-order valence-corrected chi connectivity index (χ4v) is 3.10. The van der Waals surface area contributed by atoms with Crippen molar-refractivity contribution in [3.63, 3.8) is 0 Å². The summed E-state index contributed by atoms with van der Waals surface area (Å²) < 4.78 is 7.05. The first-order valence-corrected chi connectivity index (χ1v) is 8.54. The van der Waals surface area contributed by atoms with E-state index in [1.165, 1.54) is 0 Å². The van der Waals surface area contributed by atoms with Gasteiger partial charge >= 0.3 is 0 Å². The number of carbonyl (C=O) groups is 1. The van der Waals surface area contributed by atoms with Crippen LogP contribution in [0.2, 0.25) is 0 Å². The van der Waals surface area contributed by atoms with E-state index in [0.29, 0.717) is 5.75 Å². The van der Waals surface area contributed by atoms with Gasteiger partial charge in [0, 0.05) is 30.1 Å². The number of ether oxygens (including phenoxy) is 1. The number of amides is 1. The zero-order chi connectivity index (χ0) is 18.7. The minimum atomic E-state index is -0.136. The zero-order valence-electron chi connectivity index (χ0n) is 15.2. The van der Waals surface area contributed by atoms with Gasteiger partial charge in [0.15, 0.2) is 0 Å². The van der Waals surface area contributed by atoms with Gasteiger partial charge in [-0.2, -0.15) is 0 Å². The summed E-state index contributed by atoms with van der Waals surface area (Å²) in [6, 6.07) is 14.9. The highest BCUT2D eigenvalue weighted by atomic mass is 16.5. The van der Waals surface area contributed by atoms with E-state index in [9.17, 15) is 9.59 Å². The van der Waals surface area contributed by atoms with Crippen molar-refractivity contribution < 1.29 is 9.53 Å². The van der Waals surface area contributed by atoms with Gasteiger partial charge < -0.3 is 14.6 Å². The minimum Gasteiger partial charge on any atom is -0.495 e. The number of para-hydroxylation sites is 2. The SMILES string of the molecule is COc1cccc2c(C)cc(=O)n(CCC(=O)Nc3ccccc3C)c12. The van der Waals surface area contributed by atoms with Crippen LogP contribution in [0.25, 0.3) is 10.9 Å². The summed E-state index contributed by atoms with van der Waals surface area (Å²) in [5.74, 6) is 0.498. The van der Waals surface area contributed by atoms with Gasteiger partial charge in [0.05, 0.1) is 12.6 Å². The Hall–Kier alpha value is -3.08.